The third-order valence-corrected chi connectivity index (χ3v) is 3.12. The molecule has 84 valence electrons. The van der Waals surface area contributed by atoms with E-state index in [1.54, 1.807) is 0 Å². The number of nitrogen functional groups attached to an aromatic ring is 1. The molecule has 0 radical (unpaired) electrons. The van der Waals surface area contributed by atoms with Gasteiger partial charge in [-0.15, -0.1) is 0 Å². The van der Waals surface area contributed by atoms with Gasteiger partial charge in [0.05, 0.1) is 11.2 Å². The van der Waals surface area contributed by atoms with Gasteiger partial charge in [-0.3, -0.25) is 0 Å². The lowest BCUT2D eigenvalue weighted by Crippen LogP contribution is -1.94. The van der Waals surface area contributed by atoms with E-state index in [-0.39, 0.29) is 0 Å². The summed E-state index contributed by atoms with van der Waals surface area (Å²) in [4.78, 5) is 0. The number of rotatable bonds is 1. The van der Waals surface area contributed by atoms with Gasteiger partial charge in [-0.1, -0.05) is 22.0 Å². The zero-order chi connectivity index (χ0) is 11.8. The Balaban J connectivity index is 2.14. The zero-order valence-electron chi connectivity index (χ0n) is 8.97. The van der Waals surface area contributed by atoms with Crippen LogP contribution in [0.3, 0.4) is 0 Å². The summed E-state index contributed by atoms with van der Waals surface area (Å²) in [6.07, 6.45) is 2.01. The summed E-state index contributed by atoms with van der Waals surface area (Å²) in [5.41, 5.74) is 8.40. The number of hydrogen-bond acceptors (Lipinski definition) is 2. The normalized spacial score (nSPS) is 10.9. The van der Waals surface area contributed by atoms with Crippen LogP contribution in [-0.2, 0) is 0 Å². The third-order valence-electron chi connectivity index (χ3n) is 2.63. The molecule has 0 aliphatic carbocycles. The molecule has 0 spiro atoms. The third kappa shape index (κ3) is 1.91. The standard InChI is InChI=1S/C13H10BrN3/c14-10-2-1-9-8-17(16-13(9)7-10)12-5-3-11(15)4-6-12/h1-8H,15H2. The molecular weight excluding hydrogens is 278 g/mol. The molecule has 17 heavy (non-hydrogen) atoms. The lowest BCUT2D eigenvalue weighted by Gasteiger charge is -2.00. The molecule has 3 rings (SSSR count). The maximum Gasteiger partial charge on any atom is 0.0938 e. The van der Waals surface area contributed by atoms with Crippen LogP contribution >= 0.6 is 15.9 Å². The molecule has 1 heterocycles. The van der Waals surface area contributed by atoms with Crippen molar-refractivity contribution in [3.63, 3.8) is 0 Å². The van der Waals surface area contributed by atoms with Crippen molar-refractivity contribution in [2.45, 2.75) is 0 Å². The highest BCUT2D eigenvalue weighted by Gasteiger charge is 2.02. The smallest absolute Gasteiger partial charge is 0.0938 e. The van der Waals surface area contributed by atoms with Crippen molar-refractivity contribution in [3.05, 3.63) is 53.1 Å². The van der Waals surface area contributed by atoms with Gasteiger partial charge in [0, 0.05) is 21.7 Å². The molecule has 0 amide bonds. The Morgan fingerprint density at radius 1 is 1.06 bits per heavy atom. The number of hydrogen-bond donors (Lipinski definition) is 1. The predicted molar refractivity (Wildman–Crippen MR) is 73.2 cm³/mol. The van der Waals surface area contributed by atoms with E-state index in [4.69, 9.17) is 5.73 Å². The van der Waals surface area contributed by atoms with Crippen LogP contribution in [0.2, 0.25) is 0 Å². The van der Waals surface area contributed by atoms with Crippen LogP contribution < -0.4 is 5.73 Å². The van der Waals surface area contributed by atoms with Gasteiger partial charge in [0.2, 0.25) is 0 Å². The number of halogens is 1. The van der Waals surface area contributed by atoms with E-state index in [9.17, 15) is 0 Å². The lowest BCUT2D eigenvalue weighted by atomic mass is 10.2. The molecule has 3 aromatic rings. The predicted octanol–water partition coefficient (Wildman–Crippen LogP) is 3.37. The van der Waals surface area contributed by atoms with Gasteiger partial charge in [0.1, 0.15) is 0 Å². The second-order valence-corrected chi connectivity index (χ2v) is 4.78. The summed E-state index contributed by atoms with van der Waals surface area (Å²) >= 11 is 3.44. The van der Waals surface area contributed by atoms with Gasteiger partial charge in [0.15, 0.2) is 0 Å². The molecule has 2 aromatic carbocycles. The summed E-state index contributed by atoms with van der Waals surface area (Å²) < 4.78 is 2.89. The highest BCUT2D eigenvalue weighted by atomic mass is 79.9. The summed E-state index contributed by atoms with van der Waals surface area (Å²) in [7, 11) is 0. The van der Waals surface area contributed by atoms with Crippen LogP contribution in [0.4, 0.5) is 5.69 Å². The minimum absolute atomic E-state index is 0.758. The fourth-order valence-corrected chi connectivity index (χ4v) is 2.10. The van der Waals surface area contributed by atoms with Crippen molar-refractivity contribution in [2.24, 2.45) is 0 Å². The molecule has 3 nitrogen and oxygen atoms in total. The van der Waals surface area contributed by atoms with Gasteiger partial charge < -0.3 is 5.73 Å². The van der Waals surface area contributed by atoms with E-state index in [1.165, 1.54) is 0 Å². The summed E-state index contributed by atoms with van der Waals surface area (Å²) in [5, 5.41) is 5.64. The Labute approximate surface area is 107 Å². The fourth-order valence-electron chi connectivity index (χ4n) is 1.75. The van der Waals surface area contributed by atoms with Crippen molar-refractivity contribution < 1.29 is 0 Å². The topological polar surface area (TPSA) is 43.8 Å². The highest BCUT2D eigenvalue weighted by molar-refractivity contribution is 9.10. The Bertz CT molecular complexity index is 671. The molecule has 2 N–H and O–H groups in total. The number of benzene rings is 2. The molecule has 0 aliphatic rings. The second-order valence-electron chi connectivity index (χ2n) is 3.87. The second kappa shape index (κ2) is 3.89. The average Bonchev–Trinajstić information content (AvgIpc) is 2.72. The minimum Gasteiger partial charge on any atom is -0.399 e. The SMILES string of the molecule is Nc1ccc(-n2cc3ccc(Br)cc3n2)cc1. The van der Waals surface area contributed by atoms with Crippen molar-refractivity contribution >= 4 is 32.5 Å². The molecule has 1 aromatic heterocycles. The largest absolute Gasteiger partial charge is 0.399 e. The van der Waals surface area contributed by atoms with Crippen LogP contribution in [0.1, 0.15) is 0 Å². The summed E-state index contributed by atoms with van der Waals surface area (Å²) in [6.45, 7) is 0. The number of nitrogens with zero attached hydrogens (tertiary/aromatic N) is 2. The first-order valence-corrected chi connectivity index (χ1v) is 6.02. The van der Waals surface area contributed by atoms with E-state index < -0.39 is 0 Å². The van der Waals surface area contributed by atoms with E-state index in [0.717, 1.165) is 26.8 Å². The maximum atomic E-state index is 5.66. The first kappa shape index (κ1) is 10.4. The maximum absolute atomic E-state index is 5.66. The van der Waals surface area contributed by atoms with Crippen LogP contribution in [0.15, 0.2) is 53.1 Å². The molecule has 0 bridgehead atoms. The van der Waals surface area contributed by atoms with Gasteiger partial charge in [-0.25, -0.2) is 4.68 Å². The minimum atomic E-state index is 0.758. The van der Waals surface area contributed by atoms with Gasteiger partial charge in [0.25, 0.3) is 0 Å². The first-order chi connectivity index (χ1) is 8.22. The molecular formula is C13H10BrN3. The number of fused-ring (bicyclic) bond motifs is 1. The van der Waals surface area contributed by atoms with Crippen LogP contribution in [0.5, 0.6) is 0 Å². The van der Waals surface area contributed by atoms with Gasteiger partial charge in [-0.05, 0) is 36.4 Å². The Morgan fingerprint density at radius 2 is 1.82 bits per heavy atom. The van der Waals surface area contributed by atoms with Crippen LogP contribution in [-0.4, -0.2) is 9.78 Å². The zero-order valence-corrected chi connectivity index (χ0v) is 10.6. The van der Waals surface area contributed by atoms with Crippen LogP contribution in [0, 0.1) is 0 Å². The monoisotopic (exact) mass is 287 g/mol. The Hall–Kier alpha value is -1.81. The van der Waals surface area contributed by atoms with E-state index in [0.29, 0.717) is 0 Å². The Morgan fingerprint density at radius 3 is 2.59 bits per heavy atom. The lowest BCUT2D eigenvalue weighted by molar-refractivity contribution is 0.896. The van der Waals surface area contributed by atoms with Crippen molar-refractivity contribution in [2.75, 3.05) is 5.73 Å². The number of aromatic nitrogens is 2. The van der Waals surface area contributed by atoms with Crippen molar-refractivity contribution in [1.82, 2.24) is 9.78 Å². The molecule has 0 saturated heterocycles. The summed E-state index contributed by atoms with van der Waals surface area (Å²) in [5.74, 6) is 0. The van der Waals surface area contributed by atoms with Crippen LogP contribution in [0.25, 0.3) is 16.6 Å². The van der Waals surface area contributed by atoms with Crippen molar-refractivity contribution in [1.29, 1.82) is 0 Å². The van der Waals surface area contributed by atoms with Crippen molar-refractivity contribution in [3.8, 4) is 5.69 Å². The molecule has 0 unspecified atom stereocenters. The van der Waals surface area contributed by atoms with Gasteiger partial charge in [-0.2, -0.15) is 5.10 Å². The summed E-state index contributed by atoms with van der Waals surface area (Å²) in [6, 6.07) is 13.7. The fraction of sp³-hybridized carbons (Fsp3) is 0. The molecule has 0 saturated carbocycles. The first-order valence-electron chi connectivity index (χ1n) is 5.23. The van der Waals surface area contributed by atoms with Gasteiger partial charge >= 0.3 is 0 Å². The Kier molecular flexibility index (Phi) is 2.37. The van der Waals surface area contributed by atoms with E-state index in [1.807, 2.05) is 53.3 Å². The molecule has 0 aliphatic heterocycles. The number of nitrogens with two attached hydrogens (primary N) is 1. The highest BCUT2D eigenvalue weighted by Crippen LogP contribution is 2.20. The molecule has 4 heteroatoms. The average molecular weight is 288 g/mol. The number of anilines is 1. The van der Waals surface area contributed by atoms with E-state index in [2.05, 4.69) is 21.0 Å². The van der Waals surface area contributed by atoms with E-state index >= 15 is 0 Å². The quantitative estimate of drug-likeness (QED) is 0.698. The molecule has 0 fully saturated rings. The molecule has 0 atom stereocenters.